The van der Waals surface area contributed by atoms with Crippen molar-refractivity contribution in [1.29, 1.82) is 0 Å². The van der Waals surface area contributed by atoms with Crippen LogP contribution in [-0.4, -0.2) is 61.6 Å². The fourth-order valence-electron chi connectivity index (χ4n) is 4.68. The van der Waals surface area contributed by atoms with Gasteiger partial charge in [0.25, 0.3) is 15.9 Å². The molecule has 1 N–H and O–H groups in total. The Morgan fingerprint density at radius 3 is 2.38 bits per heavy atom. The molecule has 0 radical (unpaired) electrons. The van der Waals surface area contributed by atoms with Gasteiger partial charge in [0.15, 0.2) is 0 Å². The first-order valence-electron chi connectivity index (χ1n) is 13.2. The number of sulfonamides is 1. The fraction of sp³-hybridized carbons (Fsp3) is 0.300. The van der Waals surface area contributed by atoms with E-state index in [0.29, 0.717) is 12.3 Å². The van der Waals surface area contributed by atoms with Crippen molar-refractivity contribution in [3.05, 3.63) is 95.6 Å². The van der Waals surface area contributed by atoms with Gasteiger partial charge in [-0.05, 0) is 41.8 Å². The zero-order valence-electron chi connectivity index (χ0n) is 22.6. The average molecular weight is 564 g/mol. The molecule has 0 saturated carbocycles. The maximum atomic E-state index is 13.8. The molecule has 1 aliphatic heterocycles. The molecule has 210 valence electrons. The average Bonchev–Trinajstić information content (AvgIpc) is 3.17. The van der Waals surface area contributed by atoms with Gasteiger partial charge in [-0.2, -0.15) is 0 Å². The van der Waals surface area contributed by atoms with E-state index in [2.05, 4.69) is 5.32 Å². The number of hydrogen-bond acceptors (Lipinski definition) is 6. The first-order valence-corrected chi connectivity index (χ1v) is 14.6. The molecule has 4 rings (SSSR count). The van der Waals surface area contributed by atoms with Gasteiger partial charge in [0.05, 0.1) is 12.7 Å². The van der Waals surface area contributed by atoms with E-state index in [0.717, 1.165) is 21.9 Å². The molecule has 1 aliphatic rings. The van der Waals surface area contributed by atoms with Crippen molar-refractivity contribution in [1.82, 2.24) is 14.5 Å². The molecule has 40 heavy (non-hydrogen) atoms. The lowest BCUT2D eigenvalue weighted by Gasteiger charge is -2.32. The summed E-state index contributed by atoms with van der Waals surface area (Å²) in [6.45, 7) is 2.15. The van der Waals surface area contributed by atoms with Gasteiger partial charge in [-0.1, -0.05) is 61.5 Å². The summed E-state index contributed by atoms with van der Waals surface area (Å²) in [5.41, 5.74) is 1.70. The van der Waals surface area contributed by atoms with Crippen LogP contribution in [0.15, 0.2) is 83.8 Å². The first kappa shape index (κ1) is 28.8. The Bertz CT molecular complexity index is 1480. The Kier molecular flexibility index (Phi) is 9.21. The van der Waals surface area contributed by atoms with Crippen molar-refractivity contribution in [2.75, 3.05) is 20.2 Å². The summed E-state index contributed by atoms with van der Waals surface area (Å²) in [5, 5.41) is 2.91. The van der Waals surface area contributed by atoms with Crippen LogP contribution in [0.4, 0.5) is 0 Å². The monoisotopic (exact) mass is 563 g/mol. The van der Waals surface area contributed by atoms with Gasteiger partial charge in [0.2, 0.25) is 11.8 Å². The first-order chi connectivity index (χ1) is 19.3. The second-order valence-electron chi connectivity index (χ2n) is 9.50. The minimum Gasteiger partial charge on any atom is -0.497 e. The Morgan fingerprint density at radius 2 is 1.68 bits per heavy atom. The molecule has 0 unspecified atom stereocenters. The zero-order chi connectivity index (χ0) is 28.7. The largest absolute Gasteiger partial charge is 0.497 e. The van der Waals surface area contributed by atoms with Gasteiger partial charge in [-0.15, -0.1) is 0 Å². The van der Waals surface area contributed by atoms with E-state index in [4.69, 9.17) is 4.74 Å². The van der Waals surface area contributed by atoms with E-state index >= 15 is 0 Å². The molecule has 3 aromatic carbocycles. The highest BCUT2D eigenvalue weighted by molar-refractivity contribution is 7.90. The number of nitrogens with one attached hydrogen (secondary N) is 1. The molecule has 1 heterocycles. The summed E-state index contributed by atoms with van der Waals surface area (Å²) in [6, 6.07) is 21.7. The van der Waals surface area contributed by atoms with Crippen molar-refractivity contribution in [2.45, 2.75) is 43.7 Å². The molecule has 0 saturated heterocycles. The molecule has 3 aromatic rings. The van der Waals surface area contributed by atoms with Gasteiger partial charge >= 0.3 is 0 Å². The Hall–Kier alpha value is -4.18. The quantitative estimate of drug-likeness (QED) is 0.362. The number of rotatable bonds is 12. The van der Waals surface area contributed by atoms with Crippen molar-refractivity contribution in [3.8, 4) is 5.75 Å². The van der Waals surface area contributed by atoms with Crippen LogP contribution < -0.4 is 10.1 Å². The summed E-state index contributed by atoms with van der Waals surface area (Å²) in [7, 11) is -2.52. The lowest BCUT2D eigenvalue weighted by molar-refractivity contribution is -0.141. The number of carbonyl (C=O) groups is 3. The van der Waals surface area contributed by atoms with Crippen LogP contribution in [0.5, 0.6) is 5.75 Å². The van der Waals surface area contributed by atoms with Crippen LogP contribution in [-0.2, 0) is 32.6 Å². The van der Waals surface area contributed by atoms with Crippen LogP contribution in [0.3, 0.4) is 0 Å². The number of methoxy groups -OCH3 is 1. The van der Waals surface area contributed by atoms with E-state index in [-0.39, 0.29) is 42.3 Å². The highest BCUT2D eigenvalue weighted by atomic mass is 32.2. The molecule has 1 atom stereocenters. The maximum absolute atomic E-state index is 13.8. The molecule has 10 heteroatoms. The molecule has 9 nitrogen and oxygen atoms in total. The Morgan fingerprint density at radius 1 is 0.975 bits per heavy atom. The number of ether oxygens (including phenoxy) is 1. The zero-order valence-corrected chi connectivity index (χ0v) is 23.4. The highest BCUT2D eigenvalue weighted by Crippen LogP contribution is 2.30. The van der Waals surface area contributed by atoms with Crippen molar-refractivity contribution < 1.29 is 27.5 Å². The minimum atomic E-state index is -4.06. The Balaban J connectivity index is 1.64. The topological polar surface area (TPSA) is 113 Å². The van der Waals surface area contributed by atoms with Gasteiger partial charge in [-0.3, -0.25) is 14.4 Å². The smallest absolute Gasteiger partial charge is 0.269 e. The SMILES string of the molecule is CCCNC(=O)[C@H](Cc1ccccc1)N(Cc1cccc(OC)c1)C(=O)CCN1C(=O)c2ccccc2S1(=O)=O. The highest BCUT2D eigenvalue weighted by Gasteiger charge is 2.41. The Labute approximate surface area is 234 Å². The lowest BCUT2D eigenvalue weighted by atomic mass is 10.0. The molecular formula is C30H33N3O6S. The van der Waals surface area contributed by atoms with Crippen molar-refractivity contribution in [2.24, 2.45) is 0 Å². The summed E-state index contributed by atoms with van der Waals surface area (Å²) >= 11 is 0. The molecule has 3 amide bonds. The molecule has 0 fully saturated rings. The molecule has 0 bridgehead atoms. The van der Waals surface area contributed by atoms with E-state index in [1.165, 1.54) is 17.0 Å². The standard InChI is InChI=1S/C30H33N3O6S/c1-3-17-31-29(35)26(20-22-10-5-4-6-11-22)32(21-23-12-9-13-24(19-23)39-2)28(34)16-18-33-30(36)25-14-7-8-15-27(25)40(33,37)38/h4-15,19,26H,3,16-18,20-21H2,1-2H3,(H,31,35)/t26-/m0/s1. The number of amides is 3. The maximum Gasteiger partial charge on any atom is 0.269 e. The van der Waals surface area contributed by atoms with E-state index in [9.17, 15) is 22.8 Å². The predicted octanol–water partition coefficient (Wildman–Crippen LogP) is 3.40. The number of nitrogens with zero attached hydrogens (tertiary/aromatic N) is 2. The minimum absolute atomic E-state index is 0.0680. The van der Waals surface area contributed by atoms with E-state index in [1.54, 1.807) is 37.4 Å². The van der Waals surface area contributed by atoms with Crippen LogP contribution in [0.1, 0.15) is 41.3 Å². The molecule has 0 aliphatic carbocycles. The van der Waals surface area contributed by atoms with Crippen LogP contribution in [0.25, 0.3) is 0 Å². The van der Waals surface area contributed by atoms with Crippen LogP contribution in [0.2, 0.25) is 0 Å². The summed E-state index contributed by atoms with van der Waals surface area (Å²) in [6.07, 6.45) is 0.705. The van der Waals surface area contributed by atoms with Gasteiger partial charge in [0.1, 0.15) is 16.7 Å². The van der Waals surface area contributed by atoms with Gasteiger partial charge in [0, 0.05) is 32.5 Å². The number of fused-ring (bicyclic) bond motifs is 1. The number of hydrogen-bond donors (Lipinski definition) is 1. The second-order valence-corrected chi connectivity index (χ2v) is 11.3. The van der Waals surface area contributed by atoms with Gasteiger partial charge in [-0.25, -0.2) is 12.7 Å². The van der Waals surface area contributed by atoms with E-state index < -0.39 is 27.9 Å². The summed E-state index contributed by atoms with van der Waals surface area (Å²) in [5.74, 6) is -0.815. The normalized spacial score (nSPS) is 14.3. The number of benzene rings is 3. The molecular weight excluding hydrogens is 530 g/mol. The lowest BCUT2D eigenvalue weighted by Crippen LogP contribution is -2.51. The van der Waals surface area contributed by atoms with Crippen LogP contribution in [0, 0.1) is 0 Å². The summed E-state index contributed by atoms with van der Waals surface area (Å²) in [4.78, 5) is 41.6. The molecule has 0 aromatic heterocycles. The third kappa shape index (κ3) is 6.34. The van der Waals surface area contributed by atoms with Gasteiger partial charge < -0.3 is 15.0 Å². The second kappa shape index (κ2) is 12.8. The van der Waals surface area contributed by atoms with Crippen LogP contribution >= 0.6 is 0 Å². The van der Waals surface area contributed by atoms with E-state index in [1.807, 2.05) is 43.3 Å². The molecule has 0 spiro atoms. The predicted molar refractivity (Wildman–Crippen MR) is 150 cm³/mol. The summed E-state index contributed by atoms with van der Waals surface area (Å²) < 4.78 is 32.2. The third-order valence-electron chi connectivity index (χ3n) is 6.75. The van der Waals surface area contributed by atoms with Crippen molar-refractivity contribution >= 4 is 27.7 Å². The fourth-order valence-corrected chi connectivity index (χ4v) is 6.25. The number of carbonyl (C=O) groups excluding carboxylic acids is 3. The van der Waals surface area contributed by atoms with Crippen molar-refractivity contribution in [3.63, 3.8) is 0 Å². The third-order valence-corrected chi connectivity index (χ3v) is 8.59.